The monoisotopic (exact) mass is 229 g/mol. The summed E-state index contributed by atoms with van der Waals surface area (Å²) in [5, 5.41) is 2.83. The average Bonchev–Trinajstić information content (AvgIpc) is 2.29. The second kappa shape index (κ2) is 5.55. The number of hydrogen-bond donors (Lipinski definition) is 1. The molecule has 0 spiro atoms. The fourth-order valence-corrected chi connectivity index (χ4v) is 1.21. The summed E-state index contributed by atoms with van der Waals surface area (Å²) in [6.07, 6.45) is 0. The molecule has 1 unspecified atom stereocenters. The van der Waals surface area contributed by atoms with Crippen LogP contribution in [-0.2, 0) is 9.53 Å². The van der Waals surface area contributed by atoms with Crippen LogP contribution >= 0.6 is 0 Å². The largest absolute Gasteiger partial charge is 0.468 e. The van der Waals surface area contributed by atoms with Gasteiger partial charge in [0.2, 0.25) is 0 Å². The van der Waals surface area contributed by atoms with Crippen molar-refractivity contribution >= 4 is 5.97 Å². The normalized spacial score (nSPS) is 12.2. The molecule has 0 saturated heterocycles. The highest BCUT2D eigenvalue weighted by molar-refractivity contribution is 5.71. The summed E-state index contributed by atoms with van der Waals surface area (Å²) in [6.45, 7) is 1.77. The van der Waals surface area contributed by atoms with E-state index in [4.69, 9.17) is 0 Å². The summed E-state index contributed by atoms with van der Waals surface area (Å²) < 4.78 is 30.0. The quantitative estimate of drug-likeness (QED) is 0.800. The third-order valence-electron chi connectivity index (χ3n) is 2.22. The van der Waals surface area contributed by atoms with Gasteiger partial charge in [0.25, 0.3) is 0 Å². The van der Waals surface area contributed by atoms with E-state index < -0.39 is 17.6 Å². The Hall–Kier alpha value is -1.49. The first-order chi connectivity index (χ1) is 7.54. The summed E-state index contributed by atoms with van der Waals surface area (Å²) >= 11 is 0. The summed E-state index contributed by atoms with van der Waals surface area (Å²) in [5.41, 5.74) is 0.572. The van der Waals surface area contributed by atoms with Gasteiger partial charge in [0.1, 0.15) is 0 Å². The Kier molecular flexibility index (Phi) is 4.37. The van der Waals surface area contributed by atoms with Crippen LogP contribution in [0.3, 0.4) is 0 Å². The number of ether oxygens (including phenoxy) is 1. The lowest BCUT2D eigenvalue weighted by atomic mass is 10.1. The molecule has 0 heterocycles. The zero-order chi connectivity index (χ0) is 12.1. The zero-order valence-electron chi connectivity index (χ0n) is 9.09. The number of hydrogen-bond acceptors (Lipinski definition) is 3. The predicted octanol–water partition coefficient (Wildman–Crippen LogP) is 1.79. The van der Waals surface area contributed by atoms with Gasteiger partial charge in [0.15, 0.2) is 11.6 Å². The maximum absolute atomic E-state index is 12.9. The summed E-state index contributed by atoms with van der Waals surface area (Å²) in [7, 11) is 1.28. The number of carbonyl (C=O) groups excluding carboxylic acids is 1. The van der Waals surface area contributed by atoms with Crippen molar-refractivity contribution in [2.45, 2.75) is 13.0 Å². The van der Waals surface area contributed by atoms with Gasteiger partial charge in [-0.15, -0.1) is 0 Å². The Morgan fingerprint density at radius 2 is 2.12 bits per heavy atom. The Balaban J connectivity index is 2.62. The summed E-state index contributed by atoms with van der Waals surface area (Å²) in [4.78, 5) is 10.8. The van der Waals surface area contributed by atoms with Gasteiger partial charge in [0, 0.05) is 6.04 Å². The second-order valence-electron chi connectivity index (χ2n) is 3.35. The maximum atomic E-state index is 12.9. The minimum absolute atomic E-state index is 0.0245. The van der Waals surface area contributed by atoms with Crippen LogP contribution in [0.5, 0.6) is 0 Å². The van der Waals surface area contributed by atoms with E-state index >= 15 is 0 Å². The SMILES string of the molecule is COC(=O)CNC(C)c1ccc(F)c(F)c1. The van der Waals surface area contributed by atoms with Gasteiger partial charge < -0.3 is 10.1 Å². The van der Waals surface area contributed by atoms with Crippen molar-refractivity contribution in [2.75, 3.05) is 13.7 Å². The molecule has 1 aromatic carbocycles. The van der Waals surface area contributed by atoms with E-state index in [2.05, 4.69) is 10.1 Å². The molecule has 16 heavy (non-hydrogen) atoms. The number of benzene rings is 1. The van der Waals surface area contributed by atoms with Gasteiger partial charge in [-0.05, 0) is 24.6 Å². The molecule has 1 aromatic rings. The van der Waals surface area contributed by atoms with E-state index in [0.717, 1.165) is 12.1 Å². The molecular weight excluding hydrogens is 216 g/mol. The number of halogens is 2. The van der Waals surface area contributed by atoms with Crippen LogP contribution in [0.25, 0.3) is 0 Å². The molecule has 0 bridgehead atoms. The van der Waals surface area contributed by atoms with E-state index in [9.17, 15) is 13.6 Å². The van der Waals surface area contributed by atoms with Gasteiger partial charge in [0.05, 0.1) is 13.7 Å². The zero-order valence-corrected chi connectivity index (χ0v) is 9.09. The molecule has 0 fully saturated rings. The molecular formula is C11H13F2NO2. The van der Waals surface area contributed by atoms with Gasteiger partial charge in [-0.25, -0.2) is 8.78 Å². The number of esters is 1. The van der Waals surface area contributed by atoms with Crippen LogP contribution < -0.4 is 5.32 Å². The van der Waals surface area contributed by atoms with E-state index in [1.54, 1.807) is 6.92 Å². The van der Waals surface area contributed by atoms with E-state index in [-0.39, 0.29) is 12.6 Å². The van der Waals surface area contributed by atoms with E-state index in [0.29, 0.717) is 5.56 Å². The predicted molar refractivity (Wildman–Crippen MR) is 54.8 cm³/mol. The van der Waals surface area contributed by atoms with Crippen molar-refractivity contribution in [3.8, 4) is 0 Å². The van der Waals surface area contributed by atoms with Crippen LogP contribution in [0, 0.1) is 11.6 Å². The second-order valence-corrected chi connectivity index (χ2v) is 3.35. The first-order valence-corrected chi connectivity index (χ1v) is 4.79. The Morgan fingerprint density at radius 1 is 1.44 bits per heavy atom. The Morgan fingerprint density at radius 3 is 2.69 bits per heavy atom. The molecule has 0 saturated carbocycles. The molecule has 0 aliphatic heterocycles. The number of nitrogens with one attached hydrogen (secondary N) is 1. The van der Waals surface area contributed by atoms with Crippen LogP contribution in [0.1, 0.15) is 18.5 Å². The minimum Gasteiger partial charge on any atom is -0.468 e. The topological polar surface area (TPSA) is 38.3 Å². The molecule has 1 rings (SSSR count). The summed E-state index contributed by atoms with van der Waals surface area (Å²) in [6, 6.07) is 3.37. The maximum Gasteiger partial charge on any atom is 0.319 e. The Bertz CT molecular complexity index is 382. The highest BCUT2D eigenvalue weighted by Gasteiger charge is 2.10. The standard InChI is InChI=1S/C11H13F2NO2/c1-7(14-6-11(15)16-2)8-3-4-9(12)10(13)5-8/h3-5,7,14H,6H2,1-2H3. The van der Waals surface area contributed by atoms with Crippen molar-refractivity contribution in [1.29, 1.82) is 0 Å². The molecule has 1 N–H and O–H groups in total. The van der Waals surface area contributed by atoms with Gasteiger partial charge in [-0.3, -0.25) is 4.79 Å². The highest BCUT2D eigenvalue weighted by atomic mass is 19.2. The lowest BCUT2D eigenvalue weighted by molar-refractivity contribution is -0.139. The minimum atomic E-state index is -0.899. The fraction of sp³-hybridized carbons (Fsp3) is 0.364. The molecule has 0 radical (unpaired) electrons. The van der Waals surface area contributed by atoms with Crippen molar-refractivity contribution in [3.05, 3.63) is 35.4 Å². The van der Waals surface area contributed by atoms with E-state index in [1.807, 2.05) is 0 Å². The molecule has 88 valence electrons. The molecule has 1 atom stereocenters. The van der Waals surface area contributed by atoms with Crippen molar-refractivity contribution < 1.29 is 18.3 Å². The van der Waals surface area contributed by atoms with Crippen molar-refractivity contribution in [3.63, 3.8) is 0 Å². The van der Waals surface area contributed by atoms with Gasteiger partial charge >= 0.3 is 5.97 Å². The van der Waals surface area contributed by atoms with Crippen LogP contribution in [0.4, 0.5) is 8.78 Å². The van der Waals surface area contributed by atoms with Crippen LogP contribution in [-0.4, -0.2) is 19.6 Å². The van der Waals surface area contributed by atoms with Gasteiger partial charge in [-0.2, -0.15) is 0 Å². The van der Waals surface area contributed by atoms with Crippen LogP contribution in [0.15, 0.2) is 18.2 Å². The molecule has 3 nitrogen and oxygen atoms in total. The van der Waals surface area contributed by atoms with Crippen molar-refractivity contribution in [1.82, 2.24) is 5.32 Å². The molecule has 0 amide bonds. The van der Waals surface area contributed by atoms with Crippen LogP contribution in [0.2, 0.25) is 0 Å². The third kappa shape index (κ3) is 3.27. The first kappa shape index (κ1) is 12.6. The molecule has 0 aliphatic carbocycles. The van der Waals surface area contributed by atoms with E-state index in [1.165, 1.54) is 13.2 Å². The van der Waals surface area contributed by atoms with Gasteiger partial charge in [-0.1, -0.05) is 6.07 Å². The average molecular weight is 229 g/mol. The third-order valence-corrected chi connectivity index (χ3v) is 2.22. The molecule has 5 heteroatoms. The number of methoxy groups -OCH3 is 1. The lowest BCUT2D eigenvalue weighted by Gasteiger charge is -2.13. The first-order valence-electron chi connectivity index (χ1n) is 4.79. The summed E-state index contributed by atoms with van der Waals surface area (Å²) in [5.74, 6) is -2.19. The molecule has 0 aliphatic rings. The smallest absolute Gasteiger partial charge is 0.319 e. The fourth-order valence-electron chi connectivity index (χ4n) is 1.21. The van der Waals surface area contributed by atoms with Crippen molar-refractivity contribution in [2.24, 2.45) is 0 Å². The Labute approximate surface area is 92.4 Å². The highest BCUT2D eigenvalue weighted by Crippen LogP contribution is 2.15. The number of carbonyl (C=O) groups is 1. The number of rotatable bonds is 4. The molecule has 0 aromatic heterocycles. The lowest BCUT2D eigenvalue weighted by Crippen LogP contribution is -2.26.